The van der Waals surface area contributed by atoms with Crippen molar-refractivity contribution < 1.29 is 9.50 Å². The van der Waals surface area contributed by atoms with E-state index in [0.717, 1.165) is 42.6 Å². The van der Waals surface area contributed by atoms with E-state index in [-0.39, 0.29) is 17.2 Å². The highest BCUT2D eigenvalue weighted by atomic mass is 19.1. The summed E-state index contributed by atoms with van der Waals surface area (Å²) in [5, 5.41) is 16.1. The number of aryl methyl sites for hydroxylation is 2. The van der Waals surface area contributed by atoms with E-state index in [0.29, 0.717) is 0 Å². The van der Waals surface area contributed by atoms with Gasteiger partial charge in [0.05, 0.1) is 23.7 Å². The van der Waals surface area contributed by atoms with Gasteiger partial charge >= 0.3 is 0 Å². The fourth-order valence-electron chi connectivity index (χ4n) is 5.79. The fourth-order valence-corrected chi connectivity index (χ4v) is 5.79. The van der Waals surface area contributed by atoms with Gasteiger partial charge in [-0.1, -0.05) is 41.8 Å². The average Bonchev–Trinajstić information content (AvgIpc) is 3.12. The minimum Gasteiger partial charge on any atom is -0.388 e. The van der Waals surface area contributed by atoms with Gasteiger partial charge in [0.1, 0.15) is 5.82 Å². The molecule has 0 unspecified atom stereocenters. The highest BCUT2D eigenvalue weighted by molar-refractivity contribution is 5.61. The van der Waals surface area contributed by atoms with Crippen molar-refractivity contribution in [2.45, 2.75) is 52.6 Å². The van der Waals surface area contributed by atoms with Crippen LogP contribution in [0.3, 0.4) is 0 Å². The monoisotopic (exact) mass is 416 g/mol. The lowest BCUT2D eigenvalue weighted by Gasteiger charge is -2.47. The van der Waals surface area contributed by atoms with Crippen LogP contribution < -0.4 is 0 Å². The van der Waals surface area contributed by atoms with Crippen molar-refractivity contribution in [3.8, 4) is 5.69 Å². The minimum absolute atomic E-state index is 0.0982. The van der Waals surface area contributed by atoms with Gasteiger partial charge in [-0.25, -0.2) is 9.07 Å². The van der Waals surface area contributed by atoms with Crippen LogP contribution in [0.5, 0.6) is 0 Å². The molecule has 0 amide bonds. The van der Waals surface area contributed by atoms with Crippen molar-refractivity contribution >= 4 is 6.08 Å². The fraction of sp³-hybridized carbons (Fsp3) is 0.370. The molecule has 0 saturated heterocycles. The van der Waals surface area contributed by atoms with Crippen molar-refractivity contribution in [2.75, 3.05) is 0 Å². The summed E-state index contributed by atoms with van der Waals surface area (Å²) in [6, 6.07) is 12.9. The van der Waals surface area contributed by atoms with Gasteiger partial charge in [0.25, 0.3) is 0 Å². The Bertz CT molecular complexity index is 1140. The summed E-state index contributed by atoms with van der Waals surface area (Å²) in [6.45, 7) is 6.49. The minimum atomic E-state index is -0.485. The third-order valence-electron chi connectivity index (χ3n) is 7.31. The Morgan fingerprint density at radius 1 is 1.13 bits per heavy atom. The Hall–Kier alpha value is -2.72. The molecule has 1 saturated carbocycles. The predicted molar refractivity (Wildman–Crippen MR) is 122 cm³/mol. The Labute approximate surface area is 183 Å². The van der Waals surface area contributed by atoms with Crippen LogP contribution in [0.25, 0.3) is 11.8 Å². The van der Waals surface area contributed by atoms with Crippen LogP contribution in [0.4, 0.5) is 4.39 Å². The third-order valence-corrected chi connectivity index (χ3v) is 7.31. The third kappa shape index (κ3) is 3.43. The largest absolute Gasteiger partial charge is 0.388 e. The molecule has 31 heavy (non-hydrogen) atoms. The second-order valence-electron chi connectivity index (χ2n) is 9.57. The number of benzene rings is 2. The van der Waals surface area contributed by atoms with Crippen LogP contribution in [0.15, 0.2) is 54.2 Å². The van der Waals surface area contributed by atoms with Gasteiger partial charge in [-0.2, -0.15) is 5.10 Å². The van der Waals surface area contributed by atoms with Gasteiger partial charge in [0, 0.05) is 0 Å². The molecule has 0 spiro atoms. The summed E-state index contributed by atoms with van der Waals surface area (Å²) >= 11 is 0. The van der Waals surface area contributed by atoms with Crippen LogP contribution in [-0.4, -0.2) is 14.9 Å². The van der Waals surface area contributed by atoms with Crippen molar-refractivity contribution in [1.82, 2.24) is 9.78 Å². The Morgan fingerprint density at radius 2 is 1.84 bits per heavy atom. The lowest BCUT2D eigenvalue weighted by atomic mass is 9.57. The van der Waals surface area contributed by atoms with Crippen LogP contribution in [0.1, 0.15) is 60.2 Å². The number of hydrogen-bond donors (Lipinski definition) is 1. The highest BCUT2D eigenvalue weighted by Crippen LogP contribution is 2.54. The maximum absolute atomic E-state index is 13.4. The standard InChI is InChI=1S/C27H29FN2O/c1-17-11-18(2)13-19(12-17)26(31)24-6-4-5-21-14-25-20(15-27(21,24)3)16-29-30(25)23-9-7-22(28)8-10-23/h7-14,16,24,26,31H,4-6,15H2,1-3H3/t24-,26+,27+/m1/s1. The molecule has 3 nitrogen and oxygen atoms in total. The summed E-state index contributed by atoms with van der Waals surface area (Å²) in [6.07, 6.45) is 7.72. The van der Waals surface area contributed by atoms with Crippen molar-refractivity contribution in [1.29, 1.82) is 0 Å². The van der Waals surface area contributed by atoms with Gasteiger partial charge in [0.15, 0.2) is 0 Å². The summed E-state index contributed by atoms with van der Waals surface area (Å²) < 4.78 is 15.3. The number of rotatable bonds is 3. The summed E-state index contributed by atoms with van der Waals surface area (Å²) in [7, 11) is 0. The molecule has 1 heterocycles. The number of halogens is 1. The first-order chi connectivity index (χ1) is 14.8. The summed E-state index contributed by atoms with van der Waals surface area (Å²) in [4.78, 5) is 0. The van der Waals surface area contributed by atoms with E-state index in [1.807, 2.05) is 10.9 Å². The molecule has 2 aromatic carbocycles. The number of fused-ring (bicyclic) bond motifs is 2. The Morgan fingerprint density at radius 3 is 2.55 bits per heavy atom. The molecule has 4 heteroatoms. The first-order valence-corrected chi connectivity index (χ1v) is 11.2. The second kappa shape index (κ2) is 7.45. The average molecular weight is 417 g/mol. The molecule has 160 valence electrons. The van der Waals surface area contributed by atoms with E-state index >= 15 is 0 Å². The molecule has 1 N–H and O–H groups in total. The maximum atomic E-state index is 13.4. The van der Waals surface area contributed by atoms with Gasteiger partial charge in [-0.05, 0) is 92.3 Å². The lowest BCUT2D eigenvalue weighted by Crippen LogP contribution is -2.40. The van der Waals surface area contributed by atoms with Gasteiger partial charge < -0.3 is 5.11 Å². The molecule has 3 aromatic rings. The molecule has 1 aromatic heterocycles. The summed E-state index contributed by atoms with van der Waals surface area (Å²) in [5.41, 5.74) is 7.84. The quantitative estimate of drug-likeness (QED) is 0.560. The Balaban J connectivity index is 1.52. The van der Waals surface area contributed by atoms with Gasteiger partial charge in [-0.3, -0.25) is 0 Å². The molecule has 0 bridgehead atoms. The smallest absolute Gasteiger partial charge is 0.123 e. The first-order valence-electron chi connectivity index (χ1n) is 11.2. The van der Waals surface area contributed by atoms with Crippen LogP contribution in [0, 0.1) is 31.0 Å². The van der Waals surface area contributed by atoms with Gasteiger partial charge in [-0.15, -0.1) is 0 Å². The maximum Gasteiger partial charge on any atom is 0.123 e. The number of aliphatic hydroxyl groups excluding tert-OH is 1. The van der Waals surface area contributed by atoms with E-state index in [9.17, 15) is 9.50 Å². The molecule has 1 fully saturated rings. The van der Waals surface area contributed by atoms with Crippen LogP contribution in [-0.2, 0) is 6.42 Å². The zero-order chi connectivity index (χ0) is 21.8. The van der Waals surface area contributed by atoms with Crippen molar-refractivity contribution in [3.63, 3.8) is 0 Å². The van der Waals surface area contributed by atoms with Crippen molar-refractivity contribution in [3.05, 3.63) is 88.0 Å². The molecule has 3 atom stereocenters. The Kier molecular flexibility index (Phi) is 4.86. The van der Waals surface area contributed by atoms with E-state index in [4.69, 9.17) is 0 Å². The molecular weight excluding hydrogens is 387 g/mol. The van der Waals surface area contributed by atoms with Gasteiger partial charge in [0.2, 0.25) is 0 Å². The zero-order valence-corrected chi connectivity index (χ0v) is 18.4. The molecular formula is C27H29FN2O. The molecule has 0 aliphatic heterocycles. The SMILES string of the molecule is Cc1cc(C)cc([C@H](O)[C@H]2CCCC3=Cc4c(cnn4-c4ccc(F)cc4)C[C@@]32C)c1. The number of aromatic nitrogens is 2. The summed E-state index contributed by atoms with van der Waals surface area (Å²) in [5.74, 6) is -0.0813. The van der Waals surface area contributed by atoms with Crippen LogP contribution in [0.2, 0.25) is 0 Å². The van der Waals surface area contributed by atoms with E-state index in [2.05, 4.69) is 50.1 Å². The molecule has 5 rings (SSSR count). The number of nitrogens with zero attached hydrogens (tertiary/aromatic N) is 2. The number of aliphatic hydroxyl groups is 1. The zero-order valence-electron chi connectivity index (χ0n) is 18.4. The predicted octanol–water partition coefficient (Wildman–Crippen LogP) is 6.11. The molecule has 0 radical (unpaired) electrons. The van der Waals surface area contributed by atoms with Crippen molar-refractivity contribution in [2.24, 2.45) is 11.3 Å². The van der Waals surface area contributed by atoms with E-state index in [1.165, 1.54) is 34.4 Å². The molecule has 2 aliphatic carbocycles. The normalized spacial score (nSPS) is 23.6. The first kappa shape index (κ1) is 20.2. The number of hydrogen-bond acceptors (Lipinski definition) is 2. The lowest BCUT2D eigenvalue weighted by molar-refractivity contribution is 0.0216. The second-order valence-corrected chi connectivity index (χ2v) is 9.57. The number of allylic oxidation sites excluding steroid dienone is 1. The van der Waals surface area contributed by atoms with E-state index < -0.39 is 6.10 Å². The van der Waals surface area contributed by atoms with E-state index in [1.54, 1.807) is 12.1 Å². The van der Waals surface area contributed by atoms with Crippen LogP contribution >= 0.6 is 0 Å². The topological polar surface area (TPSA) is 38.1 Å². The highest BCUT2D eigenvalue weighted by Gasteiger charge is 2.46. The molecule has 2 aliphatic rings.